The van der Waals surface area contributed by atoms with Crippen LogP contribution in [0.1, 0.15) is 29.0 Å². The van der Waals surface area contributed by atoms with E-state index in [0.29, 0.717) is 30.1 Å². The van der Waals surface area contributed by atoms with Crippen molar-refractivity contribution in [3.63, 3.8) is 0 Å². The van der Waals surface area contributed by atoms with Gasteiger partial charge in [0.05, 0.1) is 6.26 Å². The lowest BCUT2D eigenvalue weighted by Gasteiger charge is -2.31. The van der Waals surface area contributed by atoms with Gasteiger partial charge in [-0.2, -0.15) is 0 Å². The lowest BCUT2D eigenvalue weighted by Crippen LogP contribution is -2.39. The number of hydrogen-bond donors (Lipinski definition) is 2. The molecule has 2 aromatic rings. The van der Waals surface area contributed by atoms with Gasteiger partial charge in [0.2, 0.25) is 5.91 Å². The van der Waals surface area contributed by atoms with Crippen molar-refractivity contribution in [1.29, 1.82) is 0 Å². The average Bonchev–Trinajstić information content (AvgIpc) is 3.20. The predicted octanol–water partition coefficient (Wildman–Crippen LogP) is 2.78. The van der Waals surface area contributed by atoms with E-state index in [1.54, 1.807) is 47.4 Å². The summed E-state index contributed by atoms with van der Waals surface area (Å²) in [6.45, 7) is 1.47. The maximum atomic E-state index is 12.6. The van der Waals surface area contributed by atoms with Crippen LogP contribution in [0.25, 0.3) is 6.08 Å². The second kappa shape index (κ2) is 8.49. The molecule has 2 N–H and O–H groups in total. The first-order valence-corrected chi connectivity index (χ1v) is 8.68. The molecule has 0 unspecified atom stereocenters. The number of carbonyl (C=O) groups excluding carboxylic acids is 2. The van der Waals surface area contributed by atoms with Gasteiger partial charge in [0.25, 0.3) is 5.91 Å². The average molecular weight is 354 g/mol. The highest BCUT2D eigenvalue weighted by molar-refractivity contribution is 6.03. The molecule has 0 saturated carbocycles. The van der Waals surface area contributed by atoms with Gasteiger partial charge in [0, 0.05) is 37.0 Å². The van der Waals surface area contributed by atoms with Gasteiger partial charge in [-0.15, -0.1) is 0 Å². The second-order valence-corrected chi connectivity index (χ2v) is 6.34. The number of carbonyl (C=O) groups is 2. The van der Waals surface area contributed by atoms with Gasteiger partial charge in [0.15, 0.2) is 0 Å². The summed E-state index contributed by atoms with van der Waals surface area (Å²) in [5, 5.41) is 11.9. The quantitative estimate of drug-likeness (QED) is 0.809. The van der Waals surface area contributed by atoms with E-state index < -0.39 is 0 Å². The molecule has 1 aromatic carbocycles. The van der Waals surface area contributed by atoms with Crippen molar-refractivity contribution in [2.24, 2.45) is 5.92 Å². The van der Waals surface area contributed by atoms with Crippen LogP contribution < -0.4 is 5.32 Å². The normalized spacial score (nSPS) is 15.3. The molecule has 1 saturated heterocycles. The minimum atomic E-state index is -0.297. The Labute approximate surface area is 152 Å². The van der Waals surface area contributed by atoms with Gasteiger partial charge in [0.1, 0.15) is 5.76 Å². The van der Waals surface area contributed by atoms with E-state index in [2.05, 4.69) is 5.32 Å². The molecule has 3 rings (SSSR count). The Balaban J connectivity index is 1.61. The smallest absolute Gasteiger partial charge is 0.253 e. The van der Waals surface area contributed by atoms with Crippen molar-refractivity contribution in [1.82, 2.24) is 4.90 Å². The Morgan fingerprint density at radius 3 is 2.73 bits per heavy atom. The number of benzene rings is 1. The molecule has 0 radical (unpaired) electrons. The molecule has 0 atom stereocenters. The van der Waals surface area contributed by atoms with E-state index in [1.165, 1.54) is 12.3 Å². The zero-order valence-corrected chi connectivity index (χ0v) is 14.4. The third kappa shape index (κ3) is 4.61. The van der Waals surface area contributed by atoms with Crippen LogP contribution in [-0.2, 0) is 4.79 Å². The molecule has 26 heavy (non-hydrogen) atoms. The van der Waals surface area contributed by atoms with Crippen molar-refractivity contribution in [2.75, 3.05) is 25.0 Å². The first-order chi connectivity index (χ1) is 12.7. The molecule has 1 aliphatic rings. The van der Waals surface area contributed by atoms with E-state index in [-0.39, 0.29) is 24.3 Å². The van der Waals surface area contributed by atoms with E-state index >= 15 is 0 Å². The third-order valence-electron chi connectivity index (χ3n) is 4.48. The maximum absolute atomic E-state index is 12.6. The summed E-state index contributed by atoms with van der Waals surface area (Å²) >= 11 is 0. The predicted molar refractivity (Wildman–Crippen MR) is 98.5 cm³/mol. The second-order valence-electron chi connectivity index (χ2n) is 6.34. The number of piperidine rings is 1. The molecular formula is C20H22N2O4. The van der Waals surface area contributed by atoms with E-state index in [0.717, 1.165) is 12.8 Å². The summed E-state index contributed by atoms with van der Waals surface area (Å²) in [6.07, 6.45) is 6.13. The minimum absolute atomic E-state index is 0.0522. The monoisotopic (exact) mass is 354 g/mol. The van der Waals surface area contributed by atoms with Gasteiger partial charge in [-0.3, -0.25) is 9.59 Å². The fourth-order valence-corrected chi connectivity index (χ4v) is 2.96. The topological polar surface area (TPSA) is 82.8 Å². The number of furan rings is 1. The molecule has 2 heterocycles. The molecule has 6 heteroatoms. The van der Waals surface area contributed by atoms with Crippen LogP contribution in [0.4, 0.5) is 5.69 Å². The maximum Gasteiger partial charge on any atom is 0.253 e. The first kappa shape index (κ1) is 17.9. The minimum Gasteiger partial charge on any atom is -0.465 e. The van der Waals surface area contributed by atoms with Crippen LogP contribution in [0.15, 0.2) is 53.2 Å². The van der Waals surface area contributed by atoms with Crippen LogP contribution >= 0.6 is 0 Å². The highest BCUT2D eigenvalue weighted by Crippen LogP contribution is 2.20. The van der Waals surface area contributed by atoms with E-state index in [1.807, 2.05) is 0 Å². The summed E-state index contributed by atoms with van der Waals surface area (Å²) in [4.78, 5) is 26.4. The highest BCUT2D eigenvalue weighted by atomic mass is 16.3. The van der Waals surface area contributed by atoms with Gasteiger partial charge >= 0.3 is 0 Å². The standard InChI is InChI=1S/C20H22N2O4/c23-14-15-8-10-22(11-9-15)20(25)16-3-1-4-17(13-16)21-19(24)7-6-18-5-2-12-26-18/h1-7,12-13,15,23H,8-11,14H2,(H,21,24). The molecule has 0 bridgehead atoms. The Kier molecular flexibility index (Phi) is 5.86. The number of rotatable bonds is 5. The molecule has 136 valence electrons. The summed E-state index contributed by atoms with van der Waals surface area (Å²) < 4.78 is 5.13. The summed E-state index contributed by atoms with van der Waals surface area (Å²) in [5.74, 6) is 0.527. The van der Waals surface area contributed by atoms with Gasteiger partial charge in [-0.05, 0) is 55.2 Å². The van der Waals surface area contributed by atoms with Crippen molar-refractivity contribution in [3.05, 3.63) is 60.1 Å². The largest absolute Gasteiger partial charge is 0.465 e. The SMILES string of the molecule is O=C(C=Cc1ccco1)Nc1cccc(C(=O)N2CCC(CO)CC2)c1. The lowest BCUT2D eigenvalue weighted by atomic mass is 9.97. The fraction of sp³-hybridized carbons (Fsp3) is 0.300. The number of anilines is 1. The number of nitrogens with zero attached hydrogens (tertiary/aromatic N) is 1. The molecule has 2 amide bonds. The van der Waals surface area contributed by atoms with Gasteiger partial charge < -0.3 is 19.7 Å². The molecule has 6 nitrogen and oxygen atoms in total. The van der Waals surface area contributed by atoms with Crippen LogP contribution in [0, 0.1) is 5.92 Å². The first-order valence-electron chi connectivity index (χ1n) is 8.68. The van der Waals surface area contributed by atoms with E-state index in [9.17, 15) is 14.7 Å². The zero-order valence-electron chi connectivity index (χ0n) is 14.4. The molecule has 1 aliphatic heterocycles. The van der Waals surface area contributed by atoms with Crippen molar-refractivity contribution in [3.8, 4) is 0 Å². The summed E-state index contributed by atoms with van der Waals surface area (Å²) in [6, 6.07) is 10.4. The number of aliphatic hydroxyl groups excluding tert-OH is 1. The number of nitrogens with one attached hydrogen (secondary N) is 1. The van der Waals surface area contributed by atoms with Crippen molar-refractivity contribution in [2.45, 2.75) is 12.8 Å². The summed E-state index contributed by atoms with van der Waals surface area (Å²) in [7, 11) is 0. The van der Waals surface area contributed by atoms with Crippen molar-refractivity contribution >= 4 is 23.6 Å². The molecular weight excluding hydrogens is 332 g/mol. The molecule has 1 aromatic heterocycles. The Morgan fingerprint density at radius 1 is 1.23 bits per heavy atom. The zero-order chi connectivity index (χ0) is 18.4. The molecule has 1 fully saturated rings. The van der Waals surface area contributed by atoms with Crippen molar-refractivity contribution < 1.29 is 19.1 Å². The number of hydrogen-bond acceptors (Lipinski definition) is 4. The number of amides is 2. The van der Waals surface area contributed by atoms with Crippen LogP contribution in [0.5, 0.6) is 0 Å². The van der Waals surface area contributed by atoms with Crippen LogP contribution in [-0.4, -0.2) is 41.5 Å². The van der Waals surface area contributed by atoms with Gasteiger partial charge in [-0.25, -0.2) is 0 Å². The number of aliphatic hydroxyl groups is 1. The third-order valence-corrected chi connectivity index (χ3v) is 4.48. The van der Waals surface area contributed by atoms with Crippen LogP contribution in [0.2, 0.25) is 0 Å². The Hall–Kier alpha value is -2.86. The molecule has 0 aliphatic carbocycles. The lowest BCUT2D eigenvalue weighted by molar-refractivity contribution is -0.111. The Bertz CT molecular complexity index is 775. The number of likely N-dealkylation sites (tertiary alicyclic amines) is 1. The van der Waals surface area contributed by atoms with Gasteiger partial charge in [-0.1, -0.05) is 6.07 Å². The van der Waals surface area contributed by atoms with Crippen LogP contribution in [0.3, 0.4) is 0 Å². The summed E-state index contributed by atoms with van der Waals surface area (Å²) in [5.41, 5.74) is 1.11. The Morgan fingerprint density at radius 2 is 2.04 bits per heavy atom. The fourth-order valence-electron chi connectivity index (χ4n) is 2.96. The molecule has 0 spiro atoms. The highest BCUT2D eigenvalue weighted by Gasteiger charge is 2.23. The van der Waals surface area contributed by atoms with E-state index in [4.69, 9.17) is 4.42 Å².